The predicted molar refractivity (Wildman–Crippen MR) is 94.3 cm³/mol. The van der Waals surface area contributed by atoms with Crippen LogP contribution in [0.25, 0.3) is 0 Å². The van der Waals surface area contributed by atoms with E-state index in [9.17, 15) is 18.5 Å². The van der Waals surface area contributed by atoms with Crippen molar-refractivity contribution in [2.24, 2.45) is 0 Å². The summed E-state index contributed by atoms with van der Waals surface area (Å²) in [4.78, 5) is 10.3. The van der Waals surface area contributed by atoms with Gasteiger partial charge in [-0.15, -0.1) is 0 Å². The van der Waals surface area contributed by atoms with Crippen LogP contribution in [0.4, 0.5) is 5.69 Å². The van der Waals surface area contributed by atoms with Crippen molar-refractivity contribution in [1.29, 1.82) is 0 Å². The molecule has 0 saturated heterocycles. The Hall–Kier alpha value is -2.45. The second-order valence-corrected chi connectivity index (χ2v) is 7.69. The highest BCUT2D eigenvalue weighted by Gasteiger charge is 2.24. The largest absolute Gasteiger partial charge is 0.492 e. The normalized spacial score (nSPS) is 11.5. The Balaban J connectivity index is 2.10. The van der Waals surface area contributed by atoms with Crippen molar-refractivity contribution < 1.29 is 18.1 Å². The van der Waals surface area contributed by atoms with Gasteiger partial charge in [-0.3, -0.25) is 10.1 Å². The lowest BCUT2D eigenvalue weighted by molar-refractivity contribution is -0.385. The number of benzene rings is 2. The van der Waals surface area contributed by atoms with Crippen molar-refractivity contribution in [3.63, 3.8) is 0 Å². The van der Waals surface area contributed by atoms with Crippen LogP contribution in [-0.2, 0) is 10.0 Å². The predicted octanol–water partition coefficient (Wildman–Crippen LogP) is 2.91. The van der Waals surface area contributed by atoms with Crippen LogP contribution >= 0.6 is 0 Å². The fraction of sp³-hybridized carbons (Fsp3) is 0.294. The van der Waals surface area contributed by atoms with Crippen LogP contribution in [0.1, 0.15) is 11.1 Å². The lowest BCUT2D eigenvalue weighted by Gasteiger charge is -2.18. The zero-order valence-electron chi connectivity index (χ0n) is 14.3. The van der Waals surface area contributed by atoms with E-state index in [1.54, 1.807) is 6.92 Å². The molecular weight excluding hydrogens is 344 g/mol. The van der Waals surface area contributed by atoms with Gasteiger partial charge in [0.25, 0.3) is 5.69 Å². The molecule has 2 aromatic rings. The minimum atomic E-state index is -3.83. The van der Waals surface area contributed by atoms with E-state index in [0.29, 0.717) is 11.3 Å². The fourth-order valence-electron chi connectivity index (χ4n) is 2.25. The molecule has 0 heterocycles. The van der Waals surface area contributed by atoms with E-state index >= 15 is 0 Å². The molecule has 0 saturated carbocycles. The molecule has 0 amide bonds. The van der Waals surface area contributed by atoms with Gasteiger partial charge in [-0.05, 0) is 31.5 Å². The van der Waals surface area contributed by atoms with E-state index in [-0.39, 0.29) is 23.7 Å². The van der Waals surface area contributed by atoms with Crippen LogP contribution in [0.15, 0.2) is 47.4 Å². The lowest BCUT2D eigenvalue weighted by Crippen LogP contribution is -2.31. The second kappa shape index (κ2) is 7.62. The van der Waals surface area contributed by atoms with Gasteiger partial charge in [0, 0.05) is 25.2 Å². The number of likely N-dealkylation sites (N-methyl/N-ethyl adjacent to an activating group) is 1. The Morgan fingerprint density at radius 1 is 1.12 bits per heavy atom. The van der Waals surface area contributed by atoms with E-state index in [0.717, 1.165) is 15.9 Å². The molecule has 7 nitrogen and oxygen atoms in total. The molecule has 0 spiro atoms. The van der Waals surface area contributed by atoms with E-state index in [1.165, 1.54) is 19.2 Å². The molecule has 0 unspecified atom stereocenters. The fourth-order valence-corrected chi connectivity index (χ4v) is 3.42. The smallest absolute Gasteiger partial charge is 0.273 e. The first-order chi connectivity index (χ1) is 11.7. The Kier molecular flexibility index (Phi) is 5.76. The molecule has 0 atom stereocenters. The maximum atomic E-state index is 12.6. The molecule has 25 heavy (non-hydrogen) atoms. The van der Waals surface area contributed by atoms with Gasteiger partial charge in [0.1, 0.15) is 12.4 Å². The zero-order chi connectivity index (χ0) is 18.6. The van der Waals surface area contributed by atoms with Gasteiger partial charge in [-0.1, -0.05) is 24.3 Å². The highest BCUT2D eigenvalue weighted by molar-refractivity contribution is 7.89. The minimum Gasteiger partial charge on any atom is -0.492 e. The number of sulfonamides is 1. The van der Waals surface area contributed by atoms with Gasteiger partial charge in [0.15, 0.2) is 0 Å². The molecule has 0 aliphatic rings. The van der Waals surface area contributed by atoms with Gasteiger partial charge in [-0.25, -0.2) is 8.42 Å². The van der Waals surface area contributed by atoms with Crippen LogP contribution in [0, 0.1) is 24.0 Å². The Bertz CT molecular complexity index is 880. The lowest BCUT2D eigenvalue weighted by atomic mass is 10.2. The number of hydrogen-bond acceptors (Lipinski definition) is 5. The minimum absolute atomic E-state index is 0.108. The topological polar surface area (TPSA) is 89.8 Å². The third-order valence-corrected chi connectivity index (χ3v) is 5.70. The van der Waals surface area contributed by atoms with Crippen molar-refractivity contribution in [3.8, 4) is 5.75 Å². The number of para-hydroxylation sites is 1. The Morgan fingerprint density at radius 2 is 1.80 bits per heavy atom. The molecule has 0 aliphatic heterocycles. The summed E-state index contributed by atoms with van der Waals surface area (Å²) in [5.41, 5.74) is 1.15. The summed E-state index contributed by atoms with van der Waals surface area (Å²) in [6.45, 7) is 3.77. The van der Waals surface area contributed by atoms with Gasteiger partial charge in [-0.2, -0.15) is 4.31 Å². The average molecular weight is 364 g/mol. The molecule has 0 radical (unpaired) electrons. The number of hydrogen-bond donors (Lipinski definition) is 0. The molecule has 8 heteroatoms. The summed E-state index contributed by atoms with van der Waals surface area (Å²) < 4.78 is 31.9. The number of ether oxygens (including phenoxy) is 1. The molecule has 0 N–H and O–H groups in total. The first kappa shape index (κ1) is 18.9. The summed E-state index contributed by atoms with van der Waals surface area (Å²) in [6.07, 6.45) is 0. The molecule has 0 fully saturated rings. The molecule has 0 aromatic heterocycles. The third kappa shape index (κ3) is 4.34. The van der Waals surface area contributed by atoms with Gasteiger partial charge < -0.3 is 4.74 Å². The number of nitro groups is 1. The van der Waals surface area contributed by atoms with Crippen LogP contribution in [0.5, 0.6) is 5.75 Å². The molecule has 2 rings (SSSR count). The zero-order valence-corrected chi connectivity index (χ0v) is 15.1. The third-order valence-electron chi connectivity index (χ3n) is 3.84. The maximum absolute atomic E-state index is 12.6. The van der Waals surface area contributed by atoms with E-state index < -0.39 is 14.9 Å². The number of rotatable bonds is 7. The van der Waals surface area contributed by atoms with Crippen molar-refractivity contribution in [2.45, 2.75) is 18.7 Å². The first-order valence-corrected chi connectivity index (χ1v) is 9.07. The highest BCUT2D eigenvalue weighted by atomic mass is 32.2. The number of nitrogens with zero attached hydrogens (tertiary/aromatic N) is 2. The van der Waals surface area contributed by atoms with E-state index in [1.807, 2.05) is 31.2 Å². The molecule has 134 valence electrons. The van der Waals surface area contributed by atoms with E-state index in [4.69, 9.17) is 4.74 Å². The Labute approximate surface area is 147 Å². The highest BCUT2D eigenvalue weighted by Crippen LogP contribution is 2.24. The van der Waals surface area contributed by atoms with Crippen LogP contribution in [-0.4, -0.2) is 37.8 Å². The van der Waals surface area contributed by atoms with Gasteiger partial charge in [0.05, 0.1) is 9.82 Å². The van der Waals surface area contributed by atoms with Crippen molar-refractivity contribution >= 4 is 15.7 Å². The van der Waals surface area contributed by atoms with Crippen molar-refractivity contribution in [1.82, 2.24) is 4.31 Å². The van der Waals surface area contributed by atoms with E-state index in [2.05, 4.69) is 0 Å². The van der Waals surface area contributed by atoms with Crippen LogP contribution < -0.4 is 4.74 Å². The Morgan fingerprint density at radius 3 is 2.44 bits per heavy atom. The summed E-state index contributed by atoms with van der Waals surface area (Å²) >= 11 is 0. The monoisotopic (exact) mass is 364 g/mol. The average Bonchev–Trinajstić information content (AvgIpc) is 2.56. The second-order valence-electron chi connectivity index (χ2n) is 5.65. The quantitative estimate of drug-likeness (QED) is 0.557. The molecular formula is C17H20N2O5S. The summed E-state index contributed by atoms with van der Waals surface area (Å²) in [6, 6.07) is 11.3. The SMILES string of the molecule is Cc1ccccc1OCCN(C)S(=O)(=O)c1ccc(C)c([N+](=O)[O-])c1. The summed E-state index contributed by atoms with van der Waals surface area (Å²) in [5, 5.41) is 11.0. The molecule has 2 aromatic carbocycles. The van der Waals surface area contributed by atoms with Gasteiger partial charge >= 0.3 is 0 Å². The van der Waals surface area contributed by atoms with Crippen LogP contribution in [0.3, 0.4) is 0 Å². The number of nitro benzene ring substituents is 1. The maximum Gasteiger partial charge on any atom is 0.273 e. The van der Waals surface area contributed by atoms with Gasteiger partial charge in [0.2, 0.25) is 10.0 Å². The number of aryl methyl sites for hydroxylation is 2. The van der Waals surface area contributed by atoms with Crippen molar-refractivity contribution in [2.75, 3.05) is 20.2 Å². The first-order valence-electron chi connectivity index (χ1n) is 7.63. The molecule has 0 aliphatic carbocycles. The summed E-state index contributed by atoms with van der Waals surface area (Å²) in [7, 11) is -2.41. The molecule has 0 bridgehead atoms. The standard InChI is InChI=1S/C17H20N2O5S/c1-13-8-9-15(12-16(13)19(20)21)25(22,23)18(3)10-11-24-17-7-5-4-6-14(17)2/h4-9,12H,10-11H2,1-3H3. The van der Waals surface area contributed by atoms with Crippen LogP contribution in [0.2, 0.25) is 0 Å². The van der Waals surface area contributed by atoms with Crippen molar-refractivity contribution in [3.05, 3.63) is 63.7 Å². The summed E-state index contributed by atoms with van der Waals surface area (Å²) in [5.74, 6) is 0.694.